The molecule has 3 aromatic carbocycles. The van der Waals surface area contributed by atoms with Crippen LogP contribution in [0.15, 0.2) is 77.7 Å². The lowest BCUT2D eigenvalue weighted by Gasteiger charge is -2.32. The van der Waals surface area contributed by atoms with E-state index in [1.54, 1.807) is 37.3 Å². The van der Waals surface area contributed by atoms with E-state index >= 15 is 0 Å². The molecule has 1 N–H and O–H groups in total. The van der Waals surface area contributed by atoms with Crippen LogP contribution in [0.25, 0.3) is 0 Å². The summed E-state index contributed by atoms with van der Waals surface area (Å²) in [5.74, 6) is -1.31. The molecule has 0 radical (unpaired) electrons. The van der Waals surface area contributed by atoms with Crippen LogP contribution in [0.4, 0.5) is 18.9 Å². The summed E-state index contributed by atoms with van der Waals surface area (Å²) >= 11 is 11.9. The first-order valence-electron chi connectivity index (χ1n) is 12.9. The first-order valence-corrected chi connectivity index (χ1v) is 15.1. The van der Waals surface area contributed by atoms with Gasteiger partial charge in [0.2, 0.25) is 11.8 Å². The van der Waals surface area contributed by atoms with E-state index in [1.807, 2.05) is 6.92 Å². The fraction of sp³-hybridized carbons (Fsp3) is 0.310. The number of rotatable bonds is 11. The average Bonchev–Trinajstić information content (AvgIpc) is 2.94. The Balaban J connectivity index is 2.11. The van der Waals surface area contributed by atoms with Crippen LogP contribution >= 0.6 is 23.2 Å². The quantitative estimate of drug-likeness (QED) is 0.257. The second-order valence-electron chi connectivity index (χ2n) is 9.63. The highest BCUT2D eigenvalue weighted by Crippen LogP contribution is 2.38. The number of nitrogens with zero attached hydrogens (tertiary/aromatic N) is 2. The summed E-state index contributed by atoms with van der Waals surface area (Å²) in [6.45, 7) is 4.12. The molecule has 0 aromatic heterocycles. The smallest absolute Gasteiger partial charge is 0.352 e. The van der Waals surface area contributed by atoms with Gasteiger partial charge in [-0.25, -0.2) is 8.42 Å². The van der Waals surface area contributed by atoms with Gasteiger partial charge in [0.15, 0.2) is 0 Å². The standard InChI is InChI=1S/C29H30Cl2F3N3O4S/c1-4-19(2)35-28(39)20(3)36(17-21-9-8-10-22(30)15-21)27(38)18-37(42(40,41)24-11-6-5-7-12-24)23-13-14-26(31)25(16-23)29(32,33)34/h5-16,19-20H,4,17-18H2,1-3H3,(H,35,39)/t19-,20-/m1/s1. The number of anilines is 1. The molecule has 0 aliphatic carbocycles. The van der Waals surface area contributed by atoms with Crippen molar-refractivity contribution in [1.82, 2.24) is 10.2 Å². The molecule has 0 fully saturated rings. The normalized spacial score (nSPS) is 13.2. The summed E-state index contributed by atoms with van der Waals surface area (Å²) in [6.07, 6.45) is -4.26. The van der Waals surface area contributed by atoms with Crippen LogP contribution in [0, 0.1) is 0 Å². The van der Waals surface area contributed by atoms with Gasteiger partial charge in [0, 0.05) is 17.6 Å². The molecule has 0 saturated heterocycles. The zero-order valence-corrected chi connectivity index (χ0v) is 25.4. The minimum atomic E-state index is -4.89. The minimum absolute atomic E-state index is 0.123. The first kappa shape index (κ1) is 33.2. The maximum atomic E-state index is 13.9. The highest BCUT2D eigenvalue weighted by Gasteiger charge is 2.37. The van der Waals surface area contributed by atoms with Crippen molar-refractivity contribution >= 4 is 50.7 Å². The minimum Gasteiger partial charge on any atom is -0.352 e. The van der Waals surface area contributed by atoms with E-state index < -0.39 is 56.9 Å². The molecule has 3 rings (SSSR count). The number of carbonyl (C=O) groups excluding carboxylic acids is 2. The van der Waals surface area contributed by atoms with Crippen LogP contribution in [0.5, 0.6) is 0 Å². The van der Waals surface area contributed by atoms with Gasteiger partial charge in [-0.3, -0.25) is 13.9 Å². The van der Waals surface area contributed by atoms with Gasteiger partial charge in [0.05, 0.1) is 21.2 Å². The Morgan fingerprint density at radius 3 is 2.21 bits per heavy atom. The van der Waals surface area contributed by atoms with Crippen LogP contribution in [0.2, 0.25) is 10.0 Å². The number of sulfonamides is 1. The van der Waals surface area contributed by atoms with Gasteiger partial charge in [-0.15, -0.1) is 0 Å². The molecule has 3 aromatic rings. The summed E-state index contributed by atoms with van der Waals surface area (Å²) in [6, 6.07) is 14.9. The number of alkyl halides is 3. The number of benzene rings is 3. The van der Waals surface area contributed by atoms with Crippen LogP contribution in [0.1, 0.15) is 38.3 Å². The molecule has 0 saturated carbocycles. The summed E-state index contributed by atoms with van der Waals surface area (Å²) in [7, 11) is -4.55. The van der Waals surface area contributed by atoms with Crippen molar-refractivity contribution in [3.8, 4) is 0 Å². The number of nitrogens with one attached hydrogen (secondary N) is 1. The summed E-state index contributed by atoms with van der Waals surface area (Å²) in [5, 5.41) is 2.55. The van der Waals surface area contributed by atoms with Crippen molar-refractivity contribution in [3.63, 3.8) is 0 Å². The van der Waals surface area contributed by atoms with Gasteiger partial charge in [-0.2, -0.15) is 13.2 Å². The second-order valence-corrected chi connectivity index (χ2v) is 12.3. The number of amides is 2. The first-order chi connectivity index (χ1) is 19.6. The van der Waals surface area contributed by atoms with E-state index in [2.05, 4.69) is 5.32 Å². The molecular weight excluding hydrogens is 614 g/mol. The molecular formula is C29H30Cl2F3N3O4S. The zero-order chi connectivity index (χ0) is 31.2. The highest BCUT2D eigenvalue weighted by molar-refractivity contribution is 7.92. The Hall–Kier alpha value is -3.28. The molecule has 0 aliphatic heterocycles. The van der Waals surface area contributed by atoms with Crippen LogP contribution in [-0.2, 0) is 32.3 Å². The Morgan fingerprint density at radius 2 is 1.62 bits per heavy atom. The molecule has 0 heterocycles. The zero-order valence-electron chi connectivity index (χ0n) is 23.0. The van der Waals surface area contributed by atoms with Crippen molar-refractivity contribution in [2.24, 2.45) is 0 Å². The van der Waals surface area contributed by atoms with Gasteiger partial charge < -0.3 is 10.2 Å². The lowest BCUT2D eigenvalue weighted by molar-refractivity contribution is -0.139. The second kappa shape index (κ2) is 13.8. The lowest BCUT2D eigenvalue weighted by atomic mass is 10.1. The number of hydrogen-bond acceptors (Lipinski definition) is 4. The molecule has 7 nitrogen and oxygen atoms in total. The van der Waals surface area contributed by atoms with Crippen molar-refractivity contribution in [2.75, 3.05) is 10.8 Å². The molecule has 42 heavy (non-hydrogen) atoms. The molecule has 2 atom stereocenters. The molecule has 2 amide bonds. The van der Waals surface area contributed by atoms with E-state index in [0.717, 1.165) is 17.0 Å². The van der Waals surface area contributed by atoms with Crippen LogP contribution < -0.4 is 9.62 Å². The molecule has 0 bridgehead atoms. The van der Waals surface area contributed by atoms with Gasteiger partial charge in [-0.05, 0) is 68.3 Å². The fourth-order valence-corrected chi connectivity index (χ4v) is 5.88. The van der Waals surface area contributed by atoms with Crippen LogP contribution in [-0.4, -0.2) is 43.8 Å². The third-order valence-electron chi connectivity index (χ3n) is 6.56. The van der Waals surface area contributed by atoms with Gasteiger partial charge in [0.1, 0.15) is 12.6 Å². The maximum absolute atomic E-state index is 13.9. The largest absolute Gasteiger partial charge is 0.417 e. The predicted molar refractivity (Wildman–Crippen MR) is 157 cm³/mol. The van der Waals surface area contributed by atoms with Crippen molar-refractivity contribution < 1.29 is 31.2 Å². The van der Waals surface area contributed by atoms with E-state index in [1.165, 1.54) is 31.2 Å². The molecule has 226 valence electrons. The lowest BCUT2D eigenvalue weighted by Crippen LogP contribution is -2.52. The number of halogens is 5. The molecule has 0 spiro atoms. The molecule has 0 aliphatic rings. The Bertz CT molecular complexity index is 1520. The third kappa shape index (κ3) is 8.17. The van der Waals surface area contributed by atoms with E-state index in [9.17, 15) is 31.2 Å². The van der Waals surface area contributed by atoms with E-state index in [-0.39, 0.29) is 17.5 Å². The fourth-order valence-electron chi connectivity index (χ4n) is 4.01. The SMILES string of the molecule is CC[C@@H](C)NC(=O)[C@@H](C)N(Cc1cccc(Cl)c1)C(=O)CN(c1ccc(Cl)c(C(F)(F)F)c1)S(=O)(=O)c1ccccc1. The number of hydrogen-bond donors (Lipinski definition) is 1. The Morgan fingerprint density at radius 1 is 0.952 bits per heavy atom. The highest BCUT2D eigenvalue weighted by atomic mass is 35.5. The monoisotopic (exact) mass is 643 g/mol. The van der Waals surface area contributed by atoms with Gasteiger partial charge in [-0.1, -0.05) is 60.5 Å². The molecule has 13 heteroatoms. The summed E-state index contributed by atoms with van der Waals surface area (Å²) < 4.78 is 69.3. The maximum Gasteiger partial charge on any atom is 0.417 e. The van der Waals surface area contributed by atoms with Crippen molar-refractivity contribution in [1.29, 1.82) is 0 Å². The predicted octanol–water partition coefficient (Wildman–Crippen LogP) is 6.54. The average molecular weight is 645 g/mol. The Labute approximate surface area is 253 Å². The third-order valence-corrected chi connectivity index (χ3v) is 8.92. The van der Waals surface area contributed by atoms with Crippen molar-refractivity contribution in [2.45, 2.75) is 56.9 Å². The van der Waals surface area contributed by atoms with E-state index in [4.69, 9.17) is 23.2 Å². The van der Waals surface area contributed by atoms with Gasteiger partial charge in [0.25, 0.3) is 10.0 Å². The summed E-state index contributed by atoms with van der Waals surface area (Å²) in [5.41, 5.74) is -1.13. The number of carbonyl (C=O) groups is 2. The van der Waals surface area contributed by atoms with Crippen LogP contribution in [0.3, 0.4) is 0 Å². The van der Waals surface area contributed by atoms with Crippen molar-refractivity contribution in [3.05, 3.63) is 94.0 Å². The molecule has 0 unspecified atom stereocenters. The Kier molecular flexibility index (Phi) is 10.9. The van der Waals surface area contributed by atoms with Gasteiger partial charge >= 0.3 is 6.18 Å². The topological polar surface area (TPSA) is 86.8 Å². The van der Waals surface area contributed by atoms with E-state index in [0.29, 0.717) is 27.4 Å². The summed E-state index contributed by atoms with van der Waals surface area (Å²) in [4.78, 5) is 27.9.